The first-order chi connectivity index (χ1) is 8.16. The van der Waals surface area contributed by atoms with Gasteiger partial charge >= 0.3 is 0 Å². The summed E-state index contributed by atoms with van der Waals surface area (Å²) >= 11 is 0. The van der Waals surface area contributed by atoms with E-state index in [0.717, 1.165) is 51.6 Å². The Labute approximate surface area is 103 Å². The molecule has 2 rings (SSSR count). The molecule has 4 nitrogen and oxygen atoms in total. The van der Waals surface area contributed by atoms with Crippen LogP contribution >= 0.6 is 0 Å². The summed E-state index contributed by atoms with van der Waals surface area (Å²) in [7, 11) is 0. The molecule has 1 amide bonds. The number of hydrogen-bond acceptors (Lipinski definition) is 3. The quantitative estimate of drug-likeness (QED) is 0.683. The molecule has 1 heterocycles. The summed E-state index contributed by atoms with van der Waals surface area (Å²) in [6.07, 6.45) is 5.23. The van der Waals surface area contributed by atoms with Crippen molar-refractivity contribution in [2.75, 3.05) is 13.1 Å². The summed E-state index contributed by atoms with van der Waals surface area (Å²) in [6, 6.07) is 0.176. The van der Waals surface area contributed by atoms with E-state index in [1.807, 2.05) is 0 Å². The predicted octanol–water partition coefficient (Wildman–Crippen LogP) is 0.796. The summed E-state index contributed by atoms with van der Waals surface area (Å²) in [5.41, 5.74) is -0.206. The number of rotatable bonds is 3. The summed E-state index contributed by atoms with van der Waals surface area (Å²) in [5.74, 6) is 0.184. The highest BCUT2D eigenvalue weighted by molar-refractivity contribution is 5.83. The number of nitrogens with one attached hydrogen (secondary N) is 2. The van der Waals surface area contributed by atoms with E-state index in [2.05, 4.69) is 17.6 Å². The Morgan fingerprint density at radius 2 is 2.35 bits per heavy atom. The third-order valence-corrected chi connectivity index (χ3v) is 4.38. The minimum absolute atomic E-state index is 0.176. The van der Waals surface area contributed by atoms with Crippen LogP contribution in [0.25, 0.3) is 0 Å². The van der Waals surface area contributed by atoms with Crippen molar-refractivity contribution < 1.29 is 9.90 Å². The van der Waals surface area contributed by atoms with E-state index in [1.54, 1.807) is 0 Å². The molecule has 0 aromatic carbocycles. The highest BCUT2D eigenvalue weighted by Crippen LogP contribution is 2.30. The third-order valence-electron chi connectivity index (χ3n) is 4.38. The van der Waals surface area contributed by atoms with Gasteiger partial charge in [0.15, 0.2) is 0 Å². The first-order valence-electron chi connectivity index (χ1n) is 6.86. The van der Waals surface area contributed by atoms with Gasteiger partial charge in [-0.3, -0.25) is 4.79 Å². The molecule has 17 heavy (non-hydrogen) atoms. The van der Waals surface area contributed by atoms with Gasteiger partial charge in [-0.05, 0) is 45.1 Å². The smallest absolute Gasteiger partial charge is 0.227 e. The Morgan fingerprint density at radius 3 is 2.94 bits per heavy atom. The number of amides is 1. The van der Waals surface area contributed by atoms with Crippen molar-refractivity contribution in [3.63, 3.8) is 0 Å². The molecule has 3 atom stereocenters. The predicted molar refractivity (Wildman–Crippen MR) is 66.6 cm³/mol. The first-order valence-corrected chi connectivity index (χ1v) is 6.86. The maximum absolute atomic E-state index is 12.3. The van der Waals surface area contributed by atoms with Gasteiger partial charge in [0.05, 0.1) is 11.5 Å². The van der Waals surface area contributed by atoms with Gasteiger partial charge < -0.3 is 15.7 Å². The van der Waals surface area contributed by atoms with Gasteiger partial charge in [-0.15, -0.1) is 0 Å². The zero-order valence-electron chi connectivity index (χ0n) is 10.7. The third kappa shape index (κ3) is 2.80. The summed E-state index contributed by atoms with van der Waals surface area (Å²) in [4.78, 5) is 12.3. The highest BCUT2D eigenvalue weighted by atomic mass is 16.3. The van der Waals surface area contributed by atoms with E-state index in [9.17, 15) is 9.90 Å². The molecule has 0 aromatic rings. The van der Waals surface area contributed by atoms with Crippen LogP contribution in [-0.4, -0.2) is 36.2 Å². The van der Waals surface area contributed by atoms with E-state index < -0.39 is 0 Å². The second kappa shape index (κ2) is 5.36. The fourth-order valence-corrected chi connectivity index (χ4v) is 3.03. The lowest BCUT2D eigenvalue weighted by Crippen LogP contribution is -2.48. The topological polar surface area (TPSA) is 61.4 Å². The van der Waals surface area contributed by atoms with E-state index in [4.69, 9.17) is 0 Å². The van der Waals surface area contributed by atoms with Gasteiger partial charge in [-0.25, -0.2) is 0 Å². The van der Waals surface area contributed by atoms with Crippen molar-refractivity contribution in [3.05, 3.63) is 0 Å². The van der Waals surface area contributed by atoms with Gasteiger partial charge in [0.1, 0.15) is 0 Å². The molecule has 0 radical (unpaired) electrons. The number of carbonyl (C=O) groups is 1. The van der Waals surface area contributed by atoms with E-state index in [-0.39, 0.29) is 23.5 Å². The van der Waals surface area contributed by atoms with Crippen LogP contribution < -0.4 is 10.6 Å². The van der Waals surface area contributed by atoms with Crippen LogP contribution in [0.15, 0.2) is 0 Å². The van der Waals surface area contributed by atoms with Crippen LogP contribution in [0.5, 0.6) is 0 Å². The summed E-state index contributed by atoms with van der Waals surface area (Å²) in [5, 5.41) is 16.0. The van der Waals surface area contributed by atoms with E-state index >= 15 is 0 Å². The van der Waals surface area contributed by atoms with E-state index in [0.29, 0.717) is 0 Å². The average molecular weight is 240 g/mol. The first kappa shape index (κ1) is 12.8. The van der Waals surface area contributed by atoms with Crippen LogP contribution in [-0.2, 0) is 4.79 Å². The van der Waals surface area contributed by atoms with Crippen molar-refractivity contribution in [1.82, 2.24) is 10.6 Å². The Bertz CT molecular complexity index is 275. The van der Waals surface area contributed by atoms with Crippen LogP contribution in [0, 0.1) is 5.41 Å². The fourth-order valence-electron chi connectivity index (χ4n) is 3.03. The number of hydrogen-bond donors (Lipinski definition) is 3. The van der Waals surface area contributed by atoms with E-state index in [1.165, 1.54) is 0 Å². The summed E-state index contributed by atoms with van der Waals surface area (Å²) < 4.78 is 0. The molecule has 2 aliphatic rings. The van der Waals surface area contributed by atoms with Crippen molar-refractivity contribution in [2.45, 2.75) is 57.6 Å². The molecule has 1 saturated carbocycles. The zero-order valence-corrected chi connectivity index (χ0v) is 10.7. The standard InChI is InChI=1S/C13H24N2O2/c1-2-13(6-7-14-9-13)12(17)15-10-4-3-5-11(16)8-10/h10-11,14,16H,2-9H2,1H3,(H,15,17). The maximum atomic E-state index is 12.3. The Morgan fingerprint density at radius 1 is 1.53 bits per heavy atom. The lowest BCUT2D eigenvalue weighted by atomic mass is 9.82. The highest BCUT2D eigenvalue weighted by Gasteiger charge is 2.40. The van der Waals surface area contributed by atoms with Crippen molar-refractivity contribution in [2.24, 2.45) is 5.41 Å². The number of carbonyl (C=O) groups excluding carboxylic acids is 1. The van der Waals surface area contributed by atoms with Crippen molar-refractivity contribution >= 4 is 5.91 Å². The Kier molecular flexibility index (Phi) is 4.05. The average Bonchev–Trinajstić information content (AvgIpc) is 2.78. The molecule has 98 valence electrons. The normalized spacial score (nSPS) is 38.0. The maximum Gasteiger partial charge on any atom is 0.227 e. The monoisotopic (exact) mass is 240 g/mol. The Hall–Kier alpha value is -0.610. The molecule has 0 aromatic heterocycles. The van der Waals surface area contributed by atoms with Crippen molar-refractivity contribution in [1.29, 1.82) is 0 Å². The number of aliphatic hydroxyl groups is 1. The molecule has 3 N–H and O–H groups in total. The molecule has 4 heteroatoms. The van der Waals surface area contributed by atoms with Crippen molar-refractivity contribution in [3.8, 4) is 0 Å². The minimum Gasteiger partial charge on any atom is -0.393 e. The number of aliphatic hydroxyl groups excluding tert-OH is 1. The largest absolute Gasteiger partial charge is 0.393 e. The molecule has 1 aliphatic carbocycles. The molecule has 1 saturated heterocycles. The second-order valence-electron chi connectivity index (χ2n) is 5.55. The molecule has 0 bridgehead atoms. The fraction of sp³-hybridized carbons (Fsp3) is 0.923. The minimum atomic E-state index is -0.228. The van der Waals surface area contributed by atoms with Gasteiger partial charge in [-0.1, -0.05) is 6.92 Å². The van der Waals surface area contributed by atoms with Gasteiger partial charge in [0, 0.05) is 12.6 Å². The zero-order chi connectivity index (χ0) is 12.3. The SMILES string of the molecule is CCC1(C(=O)NC2CCCC(O)C2)CCNC1. The van der Waals surface area contributed by atoms with Gasteiger partial charge in [-0.2, -0.15) is 0 Å². The molecular formula is C13H24N2O2. The van der Waals surface area contributed by atoms with Crippen LogP contribution in [0.3, 0.4) is 0 Å². The Balaban J connectivity index is 1.91. The van der Waals surface area contributed by atoms with Gasteiger partial charge in [0.25, 0.3) is 0 Å². The van der Waals surface area contributed by atoms with Crippen LogP contribution in [0.1, 0.15) is 45.4 Å². The van der Waals surface area contributed by atoms with Gasteiger partial charge in [0.2, 0.25) is 5.91 Å². The van der Waals surface area contributed by atoms with Crippen LogP contribution in [0.4, 0.5) is 0 Å². The molecule has 0 spiro atoms. The molecule has 2 fully saturated rings. The molecule has 1 aliphatic heterocycles. The molecular weight excluding hydrogens is 216 g/mol. The lowest BCUT2D eigenvalue weighted by molar-refractivity contribution is -0.131. The van der Waals surface area contributed by atoms with Crippen LogP contribution in [0.2, 0.25) is 0 Å². The molecule has 3 unspecified atom stereocenters. The second-order valence-corrected chi connectivity index (χ2v) is 5.55. The lowest BCUT2D eigenvalue weighted by Gasteiger charge is -2.32. The summed E-state index contributed by atoms with van der Waals surface area (Å²) in [6.45, 7) is 3.82.